The van der Waals surface area contributed by atoms with E-state index in [9.17, 15) is 4.79 Å². The minimum Gasteiger partial charge on any atom is -0.368 e. The van der Waals surface area contributed by atoms with Crippen LogP contribution in [0, 0.1) is 5.92 Å². The number of aromatic nitrogens is 3. The number of carbonyl (C=O) groups is 1. The van der Waals surface area contributed by atoms with E-state index >= 15 is 0 Å². The molecule has 0 aliphatic heterocycles. The summed E-state index contributed by atoms with van der Waals surface area (Å²) in [5.41, 5.74) is 10.8. The van der Waals surface area contributed by atoms with Crippen molar-refractivity contribution in [1.82, 2.24) is 15.0 Å². The number of nitrogens with zero attached hydrogens (tertiary/aromatic N) is 3. The first-order valence-corrected chi connectivity index (χ1v) is 4.77. The van der Waals surface area contributed by atoms with Gasteiger partial charge in [0, 0.05) is 18.8 Å². The van der Waals surface area contributed by atoms with Crippen LogP contribution in [0.1, 0.15) is 26.1 Å². The van der Waals surface area contributed by atoms with Crippen molar-refractivity contribution >= 4 is 17.7 Å². The average molecular weight is 209 g/mol. The quantitative estimate of drug-likeness (QED) is 0.733. The zero-order valence-electron chi connectivity index (χ0n) is 8.90. The monoisotopic (exact) mass is 209 g/mol. The van der Waals surface area contributed by atoms with Gasteiger partial charge in [0.05, 0.1) is 0 Å². The molecule has 0 saturated carbocycles. The molecular formula is C9H15N5O. The molecule has 0 unspecified atom stereocenters. The maximum absolute atomic E-state index is 11.4. The molecule has 0 spiro atoms. The molecule has 4 N–H and O–H groups in total. The summed E-state index contributed by atoms with van der Waals surface area (Å²) in [5, 5.41) is 0. The number of rotatable bonds is 4. The van der Waals surface area contributed by atoms with Gasteiger partial charge in [-0.25, -0.2) is 0 Å². The second-order valence-corrected chi connectivity index (χ2v) is 3.59. The highest BCUT2D eigenvalue weighted by Gasteiger charge is 2.09. The number of aryl methyl sites for hydroxylation is 1. The third-order valence-corrected chi connectivity index (χ3v) is 1.96. The van der Waals surface area contributed by atoms with Crippen molar-refractivity contribution in [3.8, 4) is 0 Å². The van der Waals surface area contributed by atoms with Crippen LogP contribution in [0.5, 0.6) is 0 Å². The van der Waals surface area contributed by atoms with E-state index in [2.05, 4.69) is 15.0 Å². The van der Waals surface area contributed by atoms with Crippen molar-refractivity contribution in [1.29, 1.82) is 0 Å². The Morgan fingerprint density at radius 3 is 2.20 bits per heavy atom. The highest BCUT2D eigenvalue weighted by molar-refractivity contribution is 5.80. The summed E-state index contributed by atoms with van der Waals surface area (Å²) in [5.74, 6) is 0.854. The number of anilines is 2. The third-order valence-electron chi connectivity index (χ3n) is 1.96. The number of Topliss-reactive ketones (excluding diaryl/α,β-unsaturated/α-hetero) is 1. The van der Waals surface area contributed by atoms with E-state index < -0.39 is 0 Å². The Bertz CT molecular complexity index is 343. The molecule has 0 aliphatic rings. The first kappa shape index (κ1) is 11.4. The number of nitrogen functional groups attached to an aromatic ring is 2. The van der Waals surface area contributed by atoms with Crippen LogP contribution in [0.4, 0.5) is 11.9 Å². The molecule has 1 aromatic heterocycles. The molecule has 1 rings (SSSR count). The molecule has 0 radical (unpaired) electrons. The summed E-state index contributed by atoms with van der Waals surface area (Å²) in [6.07, 6.45) is 0.856. The summed E-state index contributed by atoms with van der Waals surface area (Å²) in [6.45, 7) is 3.72. The Morgan fingerprint density at radius 2 is 1.73 bits per heavy atom. The molecule has 6 heteroatoms. The Balaban J connectivity index is 2.61. The van der Waals surface area contributed by atoms with Gasteiger partial charge in [0.1, 0.15) is 11.6 Å². The van der Waals surface area contributed by atoms with E-state index in [0.29, 0.717) is 18.7 Å². The van der Waals surface area contributed by atoms with Gasteiger partial charge in [0.15, 0.2) is 0 Å². The van der Waals surface area contributed by atoms with Gasteiger partial charge in [-0.3, -0.25) is 4.79 Å². The van der Waals surface area contributed by atoms with Gasteiger partial charge < -0.3 is 11.5 Å². The molecule has 6 nitrogen and oxygen atoms in total. The number of carbonyl (C=O) groups excluding carboxylic acids is 1. The number of ketones is 1. The summed E-state index contributed by atoms with van der Waals surface area (Å²) >= 11 is 0. The number of hydrogen-bond acceptors (Lipinski definition) is 6. The van der Waals surface area contributed by atoms with Gasteiger partial charge in [-0.05, 0) is 0 Å². The lowest BCUT2D eigenvalue weighted by molar-refractivity contribution is -0.121. The molecular weight excluding hydrogens is 194 g/mol. The van der Waals surface area contributed by atoms with Crippen LogP contribution in [0.3, 0.4) is 0 Å². The van der Waals surface area contributed by atoms with Gasteiger partial charge in [0.2, 0.25) is 11.9 Å². The largest absolute Gasteiger partial charge is 0.368 e. The van der Waals surface area contributed by atoms with Gasteiger partial charge >= 0.3 is 0 Å². The van der Waals surface area contributed by atoms with E-state index in [4.69, 9.17) is 11.5 Å². The van der Waals surface area contributed by atoms with E-state index in [1.54, 1.807) is 0 Å². The normalized spacial score (nSPS) is 10.6. The summed E-state index contributed by atoms with van der Waals surface area (Å²) in [6, 6.07) is 0. The minimum atomic E-state index is 0.0292. The molecule has 15 heavy (non-hydrogen) atoms. The van der Waals surface area contributed by atoms with Crippen LogP contribution in [-0.2, 0) is 11.2 Å². The molecule has 0 saturated heterocycles. The lowest BCUT2D eigenvalue weighted by Crippen LogP contribution is -2.11. The highest BCUT2D eigenvalue weighted by atomic mass is 16.1. The topological polar surface area (TPSA) is 108 Å². The van der Waals surface area contributed by atoms with Crippen LogP contribution in [0.25, 0.3) is 0 Å². The molecule has 1 aromatic rings. The van der Waals surface area contributed by atoms with Crippen molar-refractivity contribution in [2.45, 2.75) is 26.7 Å². The van der Waals surface area contributed by atoms with Crippen LogP contribution < -0.4 is 11.5 Å². The van der Waals surface area contributed by atoms with Crippen LogP contribution in [-0.4, -0.2) is 20.7 Å². The standard InChI is InChI=1S/C9H15N5O/c1-5(2)6(15)3-4-7-12-8(10)14-9(11)13-7/h5H,3-4H2,1-2H3,(H4,10,11,12,13,14). The predicted octanol–water partition coefficient (Wildman–Crippen LogP) is 0.194. The van der Waals surface area contributed by atoms with Crippen LogP contribution in [0.15, 0.2) is 0 Å². The number of nitrogens with two attached hydrogens (primary N) is 2. The molecule has 0 bridgehead atoms. The molecule has 0 amide bonds. The Morgan fingerprint density at radius 1 is 1.20 bits per heavy atom. The van der Waals surface area contributed by atoms with Crippen molar-refractivity contribution in [3.63, 3.8) is 0 Å². The fraction of sp³-hybridized carbons (Fsp3) is 0.556. The third kappa shape index (κ3) is 3.49. The van der Waals surface area contributed by atoms with E-state index in [-0.39, 0.29) is 23.6 Å². The Hall–Kier alpha value is -1.72. The van der Waals surface area contributed by atoms with Gasteiger partial charge in [-0.2, -0.15) is 15.0 Å². The average Bonchev–Trinajstić information content (AvgIpc) is 2.12. The van der Waals surface area contributed by atoms with E-state index in [1.165, 1.54) is 0 Å². The van der Waals surface area contributed by atoms with Crippen molar-refractivity contribution < 1.29 is 4.79 Å². The van der Waals surface area contributed by atoms with Gasteiger partial charge in [-0.15, -0.1) is 0 Å². The second-order valence-electron chi connectivity index (χ2n) is 3.59. The van der Waals surface area contributed by atoms with E-state index in [0.717, 1.165) is 0 Å². The highest BCUT2D eigenvalue weighted by Crippen LogP contribution is 2.05. The maximum Gasteiger partial charge on any atom is 0.225 e. The predicted molar refractivity (Wildman–Crippen MR) is 56.8 cm³/mol. The van der Waals surface area contributed by atoms with E-state index in [1.807, 2.05) is 13.8 Å². The number of hydrogen-bond donors (Lipinski definition) is 2. The minimum absolute atomic E-state index is 0.0292. The first-order valence-electron chi connectivity index (χ1n) is 4.77. The Labute approximate surface area is 88.1 Å². The SMILES string of the molecule is CC(C)C(=O)CCc1nc(N)nc(N)n1. The summed E-state index contributed by atoms with van der Waals surface area (Å²) < 4.78 is 0. The van der Waals surface area contributed by atoms with Crippen LogP contribution >= 0.6 is 0 Å². The zero-order chi connectivity index (χ0) is 11.4. The smallest absolute Gasteiger partial charge is 0.225 e. The molecule has 0 atom stereocenters. The van der Waals surface area contributed by atoms with Crippen molar-refractivity contribution in [2.75, 3.05) is 11.5 Å². The van der Waals surface area contributed by atoms with Gasteiger partial charge in [0.25, 0.3) is 0 Å². The summed E-state index contributed by atoms with van der Waals surface area (Å²) in [7, 11) is 0. The lowest BCUT2D eigenvalue weighted by Gasteiger charge is -2.03. The fourth-order valence-electron chi connectivity index (χ4n) is 1.09. The molecule has 0 aromatic carbocycles. The second kappa shape index (κ2) is 4.68. The maximum atomic E-state index is 11.4. The zero-order valence-corrected chi connectivity index (χ0v) is 8.90. The molecule has 1 heterocycles. The van der Waals surface area contributed by atoms with Crippen molar-refractivity contribution in [2.24, 2.45) is 5.92 Å². The fourth-order valence-corrected chi connectivity index (χ4v) is 1.09. The van der Waals surface area contributed by atoms with Crippen molar-refractivity contribution in [3.05, 3.63) is 5.82 Å². The lowest BCUT2D eigenvalue weighted by atomic mass is 10.0. The molecule has 0 aliphatic carbocycles. The first-order chi connectivity index (χ1) is 6.99. The van der Waals surface area contributed by atoms with Gasteiger partial charge in [-0.1, -0.05) is 13.8 Å². The summed E-state index contributed by atoms with van der Waals surface area (Å²) in [4.78, 5) is 22.8. The Kier molecular flexibility index (Phi) is 3.54. The van der Waals surface area contributed by atoms with Crippen LogP contribution in [0.2, 0.25) is 0 Å². The molecule has 0 fully saturated rings. The molecule has 82 valence electrons.